The van der Waals surface area contributed by atoms with Crippen LogP contribution in [0.25, 0.3) is 11.5 Å². The molecule has 0 aliphatic heterocycles. The van der Waals surface area contributed by atoms with E-state index in [0.29, 0.717) is 16.3 Å². The zero-order valence-electron chi connectivity index (χ0n) is 11.3. The van der Waals surface area contributed by atoms with Crippen molar-refractivity contribution in [1.82, 2.24) is 10.1 Å². The standard InChI is InChI=1S/C15H17BrN2O2/c1-2-9-3-4-10(7-9)14-17-15(20-18-14)11-5-6-12(16)13(19)8-11/h5-6,8-10,19H,2-4,7H2,1H3. The Morgan fingerprint density at radius 2 is 2.25 bits per heavy atom. The number of hydrogen-bond acceptors (Lipinski definition) is 4. The van der Waals surface area contributed by atoms with Crippen LogP contribution in [0.1, 0.15) is 44.3 Å². The van der Waals surface area contributed by atoms with Crippen LogP contribution < -0.4 is 0 Å². The first-order chi connectivity index (χ1) is 9.67. The first-order valence-electron chi connectivity index (χ1n) is 7.00. The topological polar surface area (TPSA) is 59.2 Å². The second-order valence-corrected chi connectivity index (χ2v) is 6.26. The predicted octanol–water partition coefficient (Wildman–Crippen LogP) is 4.50. The molecule has 5 heteroatoms. The summed E-state index contributed by atoms with van der Waals surface area (Å²) in [5.41, 5.74) is 0.745. The molecule has 1 aliphatic carbocycles. The van der Waals surface area contributed by atoms with Crippen LogP contribution in [0, 0.1) is 5.92 Å². The molecule has 1 heterocycles. The second kappa shape index (κ2) is 5.56. The van der Waals surface area contributed by atoms with E-state index in [-0.39, 0.29) is 5.75 Å². The lowest BCUT2D eigenvalue weighted by molar-refractivity contribution is 0.413. The molecule has 0 bridgehead atoms. The lowest BCUT2D eigenvalue weighted by Gasteiger charge is -2.04. The number of halogens is 1. The minimum Gasteiger partial charge on any atom is -0.507 e. The highest BCUT2D eigenvalue weighted by Crippen LogP contribution is 2.39. The van der Waals surface area contributed by atoms with Gasteiger partial charge in [-0.25, -0.2) is 0 Å². The number of nitrogens with zero attached hydrogens (tertiary/aromatic N) is 2. The molecule has 20 heavy (non-hydrogen) atoms. The third-order valence-electron chi connectivity index (χ3n) is 4.12. The van der Waals surface area contributed by atoms with Crippen LogP contribution in [0.3, 0.4) is 0 Å². The minimum atomic E-state index is 0.175. The van der Waals surface area contributed by atoms with Gasteiger partial charge in [-0.15, -0.1) is 0 Å². The van der Waals surface area contributed by atoms with E-state index in [1.54, 1.807) is 12.1 Å². The number of benzene rings is 1. The maximum absolute atomic E-state index is 9.71. The van der Waals surface area contributed by atoms with Crippen molar-refractivity contribution in [2.75, 3.05) is 0 Å². The summed E-state index contributed by atoms with van der Waals surface area (Å²) in [6, 6.07) is 5.26. The normalized spacial score (nSPS) is 22.3. The number of phenolic OH excluding ortho intramolecular Hbond substituents is 1. The zero-order valence-corrected chi connectivity index (χ0v) is 12.9. The van der Waals surface area contributed by atoms with E-state index in [1.165, 1.54) is 12.8 Å². The molecule has 4 nitrogen and oxygen atoms in total. The van der Waals surface area contributed by atoms with Gasteiger partial charge in [0.1, 0.15) is 5.75 Å². The van der Waals surface area contributed by atoms with Crippen molar-refractivity contribution in [3.8, 4) is 17.2 Å². The van der Waals surface area contributed by atoms with Gasteiger partial charge < -0.3 is 9.63 Å². The van der Waals surface area contributed by atoms with Gasteiger partial charge in [0.05, 0.1) is 4.47 Å². The Hall–Kier alpha value is -1.36. The number of aromatic hydroxyl groups is 1. The average molecular weight is 337 g/mol. The Labute approximate surface area is 126 Å². The molecular weight excluding hydrogens is 320 g/mol. The van der Waals surface area contributed by atoms with Gasteiger partial charge in [0.2, 0.25) is 0 Å². The second-order valence-electron chi connectivity index (χ2n) is 5.41. The van der Waals surface area contributed by atoms with E-state index in [0.717, 1.165) is 30.1 Å². The number of rotatable bonds is 3. The Balaban J connectivity index is 1.81. The summed E-state index contributed by atoms with van der Waals surface area (Å²) < 4.78 is 5.99. The predicted molar refractivity (Wildman–Crippen MR) is 79.5 cm³/mol. The molecule has 106 valence electrons. The van der Waals surface area contributed by atoms with Crippen molar-refractivity contribution in [3.63, 3.8) is 0 Å². The molecule has 0 radical (unpaired) electrons. The van der Waals surface area contributed by atoms with Crippen molar-refractivity contribution >= 4 is 15.9 Å². The van der Waals surface area contributed by atoms with Gasteiger partial charge in [0, 0.05) is 11.5 Å². The summed E-state index contributed by atoms with van der Waals surface area (Å²) in [4.78, 5) is 4.50. The van der Waals surface area contributed by atoms with Crippen molar-refractivity contribution in [2.45, 2.75) is 38.5 Å². The Bertz CT molecular complexity index is 612. The van der Waals surface area contributed by atoms with E-state index in [1.807, 2.05) is 6.07 Å². The van der Waals surface area contributed by atoms with Crippen LogP contribution in [-0.4, -0.2) is 15.2 Å². The van der Waals surface area contributed by atoms with Crippen molar-refractivity contribution in [2.24, 2.45) is 5.92 Å². The van der Waals surface area contributed by atoms with Gasteiger partial charge in [-0.05, 0) is 59.3 Å². The molecule has 2 unspecified atom stereocenters. The van der Waals surface area contributed by atoms with Crippen LogP contribution in [-0.2, 0) is 0 Å². The molecule has 2 aromatic rings. The molecule has 1 aromatic carbocycles. The Morgan fingerprint density at radius 3 is 2.95 bits per heavy atom. The monoisotopic (exact) mass is 336 g/mol. The van der Waals surface area contributed by atoms with Gasteiger partial charge in [0.15, 0.2) is 5.82 Å². The maximum Gasteiger partial charge on any atom is 0.258 e. The molecule has 0 saturated heterocycles. The summed E-state index contributed by atoms with van der Waals surface area (Å²) in [6.07, 6.45) is 4.77. The van der Waals surface area contributed by atoms with Crippen molar-refractivity contribution in [3.05, 3.63) is 28.5 Å². The number of hydrogen-bond donors (Lipinski definition) is 1. The lowest BCUT2D eigenvalue weighted by atomic mass is 10.0. The molecule has 3 rings (SSSR count). The Morgan fingerprint density at radius 1 is 1.40 bits per heavy atom. The third-order valence-corrected chi connectivity index (χ3v) is 4.79. The van der Waals surface area contributed by atoms with Gasteiger partial charge >= 0.3 is 0 Å². The SMILES string of the molecule is CCC1CCC(c2noc(-c3ccc(Br)c(O)c3)n2)C1. The highest BCUT2D eigenvalue weighted by Gasteiger charge is 2.28. The van der Waals surface area contributed by atoms with Gasteiger partial charge in [-0.1, -0.05) is 18.5 Å². The highest BCUT2D eigenvalue weighted by molar-refractivity contribution is 9.10. The summed E-state index contributed by atoms with van der Waals surface area (Å²) in [5.74, 6) is 2.66. The fourth-order valence-electron chi connectivity index (χ4n) is 2.84. The van der Waals surface area contributed by atoms with E-state index >= 15 is 0 Å². The van der Waals surface area contributed by atoms with Crippen molar-refractivity contribution in [1.29, 1.82) is 0 Å². The van der Waals surface area contributed by atoms with Gasteiger partial charge in [-0.2, -0.15) is 4.98 Å². The Kier molecular flexibility index (Phi) is 3.78. The fraction of sp³-hybridized carbons (Fsp3) is 0.467. The first kappa shape index (κ1) is 13.6. The smallest absolute Gasteiger partial charge is 0.258 e. The van der Waals surface area contributed by atoms with Crippen LogP contribution in [0.15, 0.2) is 27.2 Å². The first-order valence-corrected chi connectivity index (χ1v) is 7.79. The molecule has 0 spiro atoms. The van der Waals surface area contributed by atoms with Gasteiger partial charge in [0.25, 0.3) is 5.89 Å². The summed E-state index contributed by atoms with van der Waals surface area (Å²) in [6.45, 7) is 2.24. The zero-order chi connectivity index (χ0) is 14.1. The lowest BCUT2D eigenvalue weighted by Crippen LogP contribution is -1.97. The molecule has 1 aromatic heterocycles. The fourth-order valence-corrected chi connectivity index (χ4v) is 3.09. The molecular formula is C15H17BrN2O2. The van der Waals surface area contributed by atoms with Gasteiger partial charge in [-0.3, -0.25) is 0 Å². The van der Waals surface area contributed by atoms with Crippen LogP contribution in [0.4, 0.5) is 0 Å². The van der Waals surface area contributed by atoms with Crippen LogP contribution in [0.2, 0.25) is 0 Å². The van der Waals surface area contributed by atoms with E-state index < -0.39 is 0 Å². The molecule has 1 aliphatic rings. The average Bonchev–Trinajstić information content (AvgIpc) is 3.09. The minimum absolute atomic E-state index is 0.175. The number of aromatic nitrogens is 2. The third kappa shape index (κ3) is 2.59. The summed E-state index contributed by atoms with van der Waals surface area (Å²) >= 11 is 3.26. The molecule has 2 atom stereocenters. The van der Waals surface area contributed by atoms with Crippen molar-refractivity contribution < 1.29 is 9.63 Å². The van der Waals surface area contributed by atoms with Crippen LogP contribution in [0.5, 0.6) is 5.75 Å². The summed E-state index contributed by atoms with van der Waals surface area (Å²) in [7, 11) is 0. The quantitative estimate of drug-likeness (QED) is 0.896. The maximum atomic E-state index is 9.71. The van der Waals surface area contributed by atoms with Crippen LogP contribution >= 0.6 is 15.9 Å². The number of phenols is 1. The molecule has 0 amide bonds. The van der Waals surface area contributed by atoms with E-state index in [2.05, 4.69) is 33.0 Å². The highest BCUT2D eigenvalue weighted by atomic mass is 79.9. The summed E-state index contributed by atoms with van der Waals surface area (Å²) in [5, 5.41) is 13.8. The molecule has 1 fully saturated rings. The largest absolute Gasteiger partial charge is 0.507 e. The molecule has 1 saturated carbocycles. The molecule has 1 N–H and O–H groups in total. The van der Waals surface area contributed by atoms with E-state index in [4.69, 9.17) is 4.52 Å². The van der Waals surface area contributed by atoms with E-state index in [9.17, 15) is 5.11 Å².